The molecule has 1 saturated heterocycles. The van der Waals surface area contributed by atoms with E-state index in [4.69, 9.17) is 5.73 Å². The molecule has 3 unspecified atom stereocenters. The Balaban J connectivity index is 1.63. The van der Waals surface area contributed by atoms with Crippen molar-refractivity contribution in [1.82, 2.24) is 14.5 Å². The maximum atomic E-state index is 6.20. The van der Waals surface area contributed by atoms with E-state index in [1.807, 2.05) is 5.38 Å². The zero-order valence-corrected chi connectivity index (χ0v) is 10.2. The van der Waals surface area contributed by atoms with E-state index in [0.717, 1.165) is 30.6 Å². The van der Waals surface area contributed by atoms with Crippen LogP contribution in [0.3, 0.4) is 0 Å². The highest BCUT2D eigenvalue weighted by atomic mass is 32.1. The summed E-state index contributed by atoms with van der Waals surface area (Å²) >= 11 is 1.44. The van der Waals surface area contributed by atoms with Gasteiger partial charge < -0.3 is 5.73 Å². The van der Waals surface area contributed by atoms with E-state index in [2.05, 4.69) is 14.5 Å². The van der Waals surface area contributed by atoms with E-state index in [1.54, 1.807) is 0 Å². The van der Waals surface area contributed by atoms with Gasteiger partial charge in [0.25, 0.3) is 0 Å². The Kier molecular flexibility index (Phi) is 2.91. The van der Waals surface area contributed by atoms with Crippen molar-refractivity contribution in [3.63, 3.8) is 0 Å². The van der Waals surface area contributed by atoms with Crippen molar-refractivity contribution in [3.05, 3.63) is 11.1 Å². The number of nitrogens with zero attached hydrogens (tertiary/aromatic N) is 3. The fraction of sp³-hybridized carbons (Fsp3) is 0.818. The third-order valence-electron chi connectivity index (χ3n) is 4.02. The minimum atomic E-state index is 0.428. The molecule has 16 heavy (non-hydrogen) atoms. The Morgan fingerprint density at radius 2 is 2.38 bits per heavy atom. The smallest absolute Gasteiger partial charge is 0.0895 e. The molecule has 0 spiro atoms. The van der Waals surface area contributed by atoms with Crippen LogP contribution in [0.5, 0.6) is 0 Å². The van der Waals surface area contributed by atoms with E-state index in [9.17, 15) is 0 Å². The number of hydrogen-bond donors (Lipinski definition) is 1. The molecule has 88 valence electrons. The number of fused-ring (bicyclic) bond motifs is 1. The first-order chi connectivity index (χ1) is 7.83. The van der Waals surface area contributed by atoms with Crippen molar-refractivity contribution in [3.8, 4) is 0 Å². The lowest BCUT2D eigenvalue weighted by molar-refractivity contribution is 0.259. The number of likely N-dealkylation sites (tertiary alicyclic amines) is 1. The summed E-state index contributed by atoms with van der Waals surface area (Å²) in [4.78, 5) is 2.50. The highest BCUT2D eigenvalue weighted by Crippen LogP contribution is 2.35. The summed E-state index contributed by atoms with van der Waals surface area (Å²) in [6.45, 7) is 3.31. The molecule has 1 aliphatic carbocycles. The largest absolute Gasteiger partial charge is 0.327 e. The Bertz CT molecular complexity index is 340. The third-order valence-corrected chi connectivity index (χ3v) is 4.57. The molecule has 3 rings (SSSR count). The molecule has 1 aliphatic heterocycles. The molecule has 5 heteroatoms. The second-order valence-electron chi connectivity index (χ2n) is 5.11. The molecule has 4 nitrogen and oxygen atoms in total. The van der Waals surface area contributed by atoms with Crippen LogP contribution in [0.2, 0.25) is 0 Å². The molecule has 0 radical (unpaired) electrons. The molecule has 2 heterocycles. The molecule has 1 aromatic heterocycles. The molecule has 0 amide bonds. The molecule has 2 fully saturated rings. The molecule has 2 N–H and O–H groups in total. The van der Waals surface area contributed by atoms with Gasteiger partial charge in [-0.15, -0.1) is 5.10 Å². The van der Waals surface area contributed by atoms with E-state index in [0.29, 0.717) is 6.04 Å². The van der Waals surface area contributed by atoms with Crippen LogP contribution in [0.15, 0.2) is 5.38 Å². The topological polar surface area (TPSA) is 55.0 Å². The molecule has 0 bridgehead atoms. The van der Waals surface area contributed by atoms with E-state index < -0.39 is 0 Å². The number of rotatable bonds is 2. The van der Waals surface area contributed by atoms with Gasteiger partial charge in [-0.25, -0.2) is 0 Å². The first-order valence-corrected chi connectivity index (χ1v) is 6.90. The molecule has 3 atom stereocenters. The third kappa shape index (κ3) is 1.99. The maximum absolute atomic E-state index is 6.20. The van der Waals surface area contributed by atoms with Crippen LogP contribution in [0.1, 0.15) is 25.0 Å². The average molecular weight is 238 g/mol. The van der Waals surface area contributed by atoms with E-state index in [-0.39, 0.29) is 0 Å². The van der Waals surface area contributed by atoms with E-state index >= 15 is 0 Å². The van der Waals surface area contributed by atoms with Crippen LogP contribution < -0.4 is 5.73 Å². The fourth-order valence-electron chi connectivity index (χ4n) is 3.22. The Morgan fingerprint density at radius 1 is 1.44 bits per heavy atom. The first-order valence-electron chi connectivity index (χ1n) is 6.07. The lowest BCUT2D eigenvalue weighted by atomic mass is 9.78. The second kappa shape index (κ2) is 4.39. The van der Waals surface area contributed by atoms with Crippen molar-refractivity contribution in [2.24, 2.45) is 17.6 Å². The summed E-state index contributed by atoms with van der Waals surface area (Å²) in [5.74, 6) is 1.55. The fourth-order valence-corrected chi connectivity index (χ4v) is 3.66. The summed E-state index contributed by atoms with van der Waals surface area (Å²) in [5, 5.41) is 6.16. The minimum Gasteiger partial charge on any atom is -0.327 e. The number of aromatic nitrogens is 2. The summed E-state index contributed by atoms with van der Waals surface area (Å²) in [7, 11) is 0. The zero-order valence-electron chi connectivity index (χ0n) is 9.38. The lowest BCUT2D eigenvalue weighted by Gasteiger charge is -2.29. The zero-order chi connectivity index (χ0) is 11.0. The SMILES string of the molecule is NC1CCCC2CN(Cc3csnn3)CC12. The quantitative estimate of drug-likeness (QED) is 0.838. The summed E-state index contributed by atoms with van der Waals surface area (Å²) < 4.78 is 3.91. The highest BCUT2D eigenvalue weighted by Gasteiger charge is 2.38. The van der Waals surface area contributed by atoms with Gasteiger partial charge in [0.15, 0.2) is 0 Å². The van der Waals surface area contributed by atoms with Crippen molar-refractivity contribution < 1.29 is 0 Å². The normalized spacial score (nSPS) is 35.2. The molecular weight excluding hydrogens is 220 g/mol. The average Bonchev–Trinajstić information content (AvgIpc) is 2.88. The van der Waals surface area contributed by atoms with Gasteiger partial charge >= 0.3 is 0 Å². The lowest BCUT2D eigenvalue weighted by Crippen LogP contribution is -2.38. The Hall–Kier alpha value is -0.520. The number of hydrogen-bond acceptors (Lipinski definition) is 5. The van der Waals surface area contributed by atoms with Gasteiger partial charge in [-0.2, -0.15) is 0 Å². The molecule has 0 aromatic carbocycles. The van der Waals surface area contributed by atoms with E-state index in [1.165, 1.54) is 37.3 Å². The van der Waals surface area contributed by atoms with Crippen LogP contribution in [-0.2, 0) is 6.54 Å². The van der Waals surface area contributed by atoms with Gasteiger partial charge in [0, 0.05) is 31.1 Å². The van der Waals surface area contributed by atoms with Gasteiger partial charge in [-0.1, -0.05) is 10.9 Å². The highest BCUT2D eigenvalue weighted by molar-refractivity contribution is 7.03. The van der Waals surface area contributed by atoms with Gasteiger partial charge in [0.05, 0.1) is 5.69 Å². The van der Waals surface area contributed by atoms with Crippen molar-refractivity contribution >= 4 is 11.5 Å². The second-order valence-corrected chi connectivity index (χ2v) is 5.72. The first kappa shape index (κ1) is 10.6. The Labute approximate surface area is 100.0 Å². The van der Waals surface area contributed by atoms with Crippen molar-refractivity contribution in [2.75, 3.05) is 13.1 Å². The molecular formula is C11H18N4S. The van der Waals surface area contributed by atoms with Crippen molar-refractivity contribution in [1.29, 1.82) is 0 Å². The van der Waals surface area contributed by atoms with Gasteiger partial charge in [0.1, 0.15) is 0 Å². The molecule has 1 saturated carbocycles. The standard InChI is InChI=1S/C11H18N4S/c12-11-3-1-2-8-4-15(6-10(8)11)5-9-7-16-14-13-9/h7-8,10-11H,1-6,12H2. The number of nitrogens with two attached hydrogens (primary N) is 1. The van der Waals surface area contributed by atoms with Crippen LogP contribution in [-0.4, -0.2) is 33.6 Å². The molecule has 2 aliphatic rings. The summed E-state index contributed by atoms with van der Waals surface area (Å²) in [6.07, 6.45) is 3.89. The van der Waals surface area contributed by atoms with Crippen LogP contribution in [0.25, 0.3) is 0 Å². The van der Waals surface area contributed by atoms with Crippen LogP contribution in [0, 0.1) is 11.8 Å². The van der Waals surface area contributed by atoms with Crippen molar-refractivity contribution in [2.45, 2.75) is 31.8 Å². The monoisotopic (exact) mass is 238 g/mol. The van der Waals surface area contributed by atoms with Gasteiger partial charge in [0.2, 0.25) is 0 Å². The Morgan fingerprint density at radius 3 is 3.12 bits per heavy atom. The van der Waals surface area contributed by atoms with Gasteiger partial charge in [-0.05, 0) is 36.2 Å². The summed E-state index contributed by atoms with van der Waals surface area (Å²) in [5.41, 5.74) is 7.31. The van der Waals surface area contributed by atoms with Gasteiger partial charge in [-0.3, -0.25) is 4.90 Å². The predicted octanol–water partition coefficient (Wildman–Crippen LogP) is 1.10. The van der Waals surface area contributed by atoms with Crippen LogP contribution in [0.4, 0.5) is 0 Å². The summed E-state index contributed by atoms with van der Waals surface area (Å²) in [6, 6.07) is 0.428. The van der Waals surface area contributed by atoms with Crippen LogP contribution >= 0.6 is 11.5 Å². The maximum Gasteiger partial charge on any atom is 0.0895 e. The predicted molar refractivity (Wildman–Crippen MR) is 64.0 cm³/mol. The minimum absolute atomic E-state index is 0.428. The molecule has 1 aromatic rings.